The van der Waals surface area contributed by atoms with Crippen LogP contribution in [0.5, 0.6) is 0 Å². The number of primary amides is 1. The van der Waals surface area contributed by atoms with Crippen LogP contribution in [0.3, 0.4) is 0 Å². The number of hydrogen-bond donors (Lipinski definition) is 2. The molecule has 17 heavy (non-hydrogen) atoms. The number of nitrogens with zero attached hydrogens (tertiary/aromatic N) is 2. The van der Waals surface area contributed by atoms with E-state index in [2.05, 4.69) is 24.1 Å². The smallest absolute Gasteiger partial charge is 0.318 e. The maximum atomic E-state index is 11.3. The van der Waals surface area contributed by atoms with Crippen molar-refractivity contribution in [2.24, 2.45) is 11.7 Å². The highest BCUT2D eigenvalue weighted by molar-refractivity contribution is 5.94. The predicted octanol–water partition coefficient (Wildman–Crippen LogP) is -0.545. The normalized spacial score (nSPS) is 18.3. The molecular formula is C11H22N4O2. The third-order valence-electron chi connectivity index (χ3n) is 2.72. The number of imide groups is 1. The first-order chi connectivity index (χ1) is 7.97. The van der Waals surface area contributed by atoms with Crippen molar-refractivity contribution in [2.45, 2.75) is 13.8 Å². The molecule has 0 radical (unpaired) electrons. The molecule has 1 aliphatic rings. The van der Waals surface area contributed by atoms with Crippen molar-refractivity contribution in [3.63, 3.8) is 0 Å². The minimum Gasteiger partial charge on any atom is -0.351 e. The van der Waals surface area contributed by atoms with Crippen molar-refractivity contribution in [3.8, 4) is 0 Å². The quantitative estimate of drug-likeness (QED) is 0.693. The summed E-state index contributed by atoms with van der Waals surface area (Å²) in [5, 5.41) is 2.08. The van der Waals surface area contributed by atoms with Gasteiger partial charge in [0, 0.05) is 32.7 Å². The van der Waals surface area contributed by atoms with E-state index in [1.54, 1.807) is 0 Å². The number of nitrogens with one attached hydrogen (secondary N) is 1. The van der Waals surface area contributed by atoms with Gasteiger partial charge in [-0.25, -0.2) is 4.79 Å². The Balaban J connectivity index is 2.23. The summed E-state index contributed by atoms with van der Waals surface area (Å²) in [4.78, 5) is 26.2. The van der Waals surface area contributed by atoms with Crippen molar-refractivity contribution >= 4 is 11.9 Å². The first-order valence-corrected chi connectivity index (χ1v) is 6.01. The highest BCUT2D eigenvalue weighted by Crippen LogP contribution is 2.04. The molecule has 0 spiro atoms. The molecule has 1 rings (SSSR count). The van der Waals surface area contributed by atoms with Crippen LogP contribution in [0.25, 0.3) is 0 Å². The van der Waals surface area contributed by atoms with Crippen LogP contribution in [-0.4, -0.2) is 61.0 Å². The number of amides is 3. The molecule has 0 saturated carbocycles. The lowest BCUT2D eigenvalue weighted by Gasteiger charge is -2.34. The maximum Gasteiger partial charge on any atom is 0.318 e. The molecule has 0 bridgehead atoms. The van der Waals surface area contributed by atoms with E-state index in [-0.39, 0.29) is 12.5 Å². The van der Waals surface area contributed by atoms with Gasteiger partial charge in [-0.15, -0.1) is 0 Å². The third-order valence-corrected chi connectivity index (χ3v) is 2.72. The van der Waals surface area contributed by atoms with Gasteiger partial charge in [-0.05, 0) is 5.92 Å². The molecule has 1 fully saturated rings. The number of hydrogen-bond acceptors (Lipinski definition) is 4. The summed E-state index contributed by atoms with van der Waals surface area (Å²) in [7, 11) is 0. The van der Waals surface area contributed by atoms with E-state index in [1.807, 2.05) is 4.90 Å². The fraction of sp³-hybridized carbons (Fsp3) is 0.818. The highest BCUT2D eigenvalue weighted by atomic mass is 16.2. The van der Waals surface area contributed by atoms with E-state index in [4.69, 9.17) is 5.73 Å². The average molecular weight is 242 g/mol. The molecule has 0 aromatic heterocycles. The predicted molar refractivity (Wildman–Crippen MR) is 65.4 cm³/mol. The molecule has 0 aromatic rings. The second kappa shape index (κ2) is 6.56. The van der Waals surface area contributed by atoms with Crippen molar-refractivity contribution in [1.29, 1.82) is 0 Å². The molecule has 1 heterocycles. The minimum absolute atomic E-state index is 0.248. The average Bonchev–Trinajstić information content (AvgIpc) is 2.18. The first-order valence-electron chi connectivity index (χ1n) is 6.01. The van der Waals surface area contributed by atoms with Crippen LogP contribution in [-0.2, 0) is 4.79 Å². The van der Waals surface area contributed by atoms with Crippen LogP contribution in [0, 0.1) is 5.92 Å². The summed E-state index contributed by atoms with van der Waals surface area (Å²) in [6.45, 7) is 9.42. The maximum absolute atomic E-state index is 11.3. The molecule has 1 saturated heterocycles. The number of nitrogens with two attached hydrogens (primary N) is 1. The lowest BCUT2D eigenvalue weighted by Crippen LogP contribution is -2.51. The Morgan fingerprint density at radius 1 is 1.18 bits per heavy atom. The van der Waals surface area contributed by atoms with Gasteiger partial charge in [0.15, 0.2) is 0 Å². The molecule has 0 unspecified atom stereocenters. The largest absolute Gasteiger partial charge is 0.351 e. The molecule has 6 heteroatoms. The zero-order valence-electron chi connectivity index (χ0n) is 10.6. The summed E-state index contributed by atoms with van der Waals surface area (Å²) in [5.74, 6) is 0.342. The lowest BCUT2D eigenvalue weighted by atomic mass is 10.2. The standard InChI is InChI=1S/C11H22N4O2/c1-9(2)7-14-3-5-15(6-4-14)8-10(16)13-11(12)17/h9H,3-8H2,1-2H3,(H3,12,13,16,17). The van der Waals surface area contributed by atoms with Gasteiger partial charge in [0.1, 0.15) is 0 Å². The number of carbonyl (C=O) groups is 2. The zero-order valence-corrected chi connectivity index (χ0v) is 10.6. The Hall–Kier alpha value is -1.14. The second-order valence-corrected chi connectivity index (χ2v) is 4.88. The third kappa shape index (κ3) is 5.65. The molecule has 0 aliphatic carbocycles. The van der Waals surface area contributed by atoms with Crippen LogP contribution >= 0.6 is 0 Å². The van der Waals surface area contributed by atoms with Gasteiger partial charge < -0.3 is 10.6 Å². The summed E-state index contributed by atoms with van der Waals surface area (Å²) in [6, 6.07) is -0.784. The van der Waals surface area contributed by atoms with Crippen molar-refractivity contribution in [3.05, 3.63) is 0 Å². The zero-order chi connectivity index (χ0) is 12.8. The minimum atomic E-state index is -0.784. The number of urea groups is 1. The van der Waals surface area contributed by atoms with E-state index >= 15 is 0 Å². The van der Waals surface area contributed by atoms with Crippen molar-refractivity contribution in [2.75, 3.05) is 39.3 Å². The van der Waals surface area contributed by atoms with E-state index in [1.165, 1.54) is 0 Å². The molecule has 1 aliphatic heterocycles. The molecule has 3 amide bonds. The molecule has 6 nitrogen and oxygen atoms in total. The summed E-state index contributed by atoms with van der Waals surface area (Å²) in [5.41, 5.74) is 4.88. The Morgan fingerprint density at radius 3 is 2.18 bits per heavy atom. The summed E-state index contributed by atoms with van der Waals surface area (Å²) in [6.07, 6.45) is 0. The van der Waals surface area contributed by atoms with E-state index in [0.29, 0.717) is 5.92 Å². The molecule has 0 atom stereocenters. The Bertz CT molecular complexity index is 273. The highest BCUT2D eigenvalue weighted by Gasteiger charge is 2.19. The van der Waals surface area contributed by atoms with Crippen LogP contribution in [0.4, 0.5) is 4.79 Å². The van der Waals surface area contributed by atoms with Crippen LogP contribution < -0.4 is 11.1 Å². The molecule has 98 valence electrons. The van der Waals surface area contributed by atoms with Gasteiger partial charge in [-0.2, -0.15) is 0 Å². The number of carbonyl (C=O) groups excluding carboxylic acids is 2. The fourth-order valence-electron chi connectivity index (χ4n) is 2.03. The number of piperazine rings is 1. The van der Waals surface area contributed by atoms with Gasteiger partial charge in [0.25, 0.3) is 0 Å². The fourth-order valence-corrected chi connectivity index (χ4v) is 2.03. The van der Waals surface area contributed by atoms with Gasteiger partial charge >= 0.3 is 6.03 Å². The molecule has 3 N–H and O–H groups in total. The van der Waals surface area contributed by atoms with Gasteiger partial charge in [-0.1, -0.05) is 13.8 Å². The Labute approximate surface area is 102 Å². The SMILES string of the molecule is CC(C)CN1CCN(CC(=O)NC(N)=O)CC1. The van der Waals surface area contributed by atoms with Gasteiger partial charge in [0.05, 0.1) is 6.54 Å². The van der Waals surface area contributed by atoms with Crippen LogP contribution in [0.2, 0.25) is 0 Å². The van der Waals surface area contributed by atoms with Crippen molar-refractivity contribution in [1.82, 2.24) is 15.1 Å². The van der Waals surface area contributed by atoms with E-state index in [0.717, 1.165) is 32.7 Å². The number of rotatable bonds is 4. The second-order valence-electron chi connectivity index (χ2n) is 4.88. The topological polar surface area (TPSA) is 78.7 Å². The van der Waals surface area contributed by atoms with Crippen molar-refractivity contribution < 1.29 is 9.59 Å². The molecule has 0 aromatic carbocycles. The summed E-state index contributed by atoms with van der Waals surface area (Å²) >= 11 is 0. The van der Waals surface area contributed by atoms with E-state index in [9.17, 15) is 9.59 Å². The Morgan fingerprint density at radius 2 is 1.71 bits per heavy atom. The van der Waals surface area contributed by atoms with Crippen LogP contribution in [0.1, 0.15) is 13.8 Å². The van der Waals surface area contributed by atoms with Crippen LogP contribution in [0.15, 0.2) is 0 Å². The lowest BCUT2D eigenvalue weighted by molar-refractivity contribution is -0.121. The summed E-state index contributed by atoms with van der Waals surface area (Å²) < 4.78 is 0. The van der Waals surface area contributed by atoms with Gasteiger partial charge in [0.2, 0.25) is 5.91 Å². The first kappa shape index (κ1) is 13.9. The van der Waals surface area contributed by atoms with E-state index < -0.39 is 6.03 Å². The molecular weight excluding hydrogens is 220 g/mol. The van der Waals surface area contributed by atoms with Gasteiger partial charge in [-0.3, -0.25) is 15.0 Å². The Kier molecular flexibility index (Phi) is 5.37. The monoisotopic (exact) mass is 242 g/mol.